The predicted octanol–water partition coefficient (Wildman–Crippen LogP) is 4.82. The average Bonchev–Trinajstić information content (AvgIpc) is 2.69. The highest BCUT2D eigenvalue weighted by Gasteiger charge is 2.16. The number of hydrogen-bond acceptors (Lipinski definition) is 5. The molecule has 0 atom stereocenters. The van der Waals surface area contributed by atoms with E-state index in [4.69, 9.17) is 9.47 Å². The molecule has 0 unspecified atom stereocenters. The molecule has 0 aliphatic rings. The molecule has 27 heavy (non-hydrogen) atoms. The van der Waals surface area contributed by atoms with Gasteiger partial charge in [0, 0.05) is 12.5 Å². The minimum Gasteiger partial charge on any atom is -0.508 e. The van der Waals surface area contributed by atoms with Crippen molar-refractivity contribution in [2.45, 2.75) is 6.42 Å². The van der Waals surface area contributed by atoms with Crippen molar-refractivity contribution in [2.75, 3.05) is 13.2 Å². The third-order valence-corrected chi connectivity index (χ3v) is 3.91. The smallest absolute Gasteiger partial charge is 0.311 e. The number of hydrogen-bond donors (Lipinski definition) is 1. The molecule has 0 saturated carbocycles. The van der Waals surface area contributed by atoms with Gasteiger partial charge < -0.3 is 14.6 Å². The van der Waals surface area contributed by atoms with Crippen LogP contribution < -0.4 is 9.47 Å². The fourth-order valence-electron chi connectivity index (χ4n) is 2.56. The fourth-order valence-corrected chi connectivity index (χ4v) is 2.56. The molecule has 3 aromatic rings. The molecule has 3 rings (SSSR count). The first kappa shape index (κ1) is 18.3. The van der Waals surface area contributed by atoms with Crippen LogP contribution >= 0.6 is 0 Å². The summed E-state index contributed by atoms with van der Waals surface area (Å²) in [5.74, 6) is 1.15. The Labute approximate surface area is 156 Å². The van der Waals surface area contributed by atoms with Gasteiger partial charge in [0.05, 0.1) is 18.1 Å². The first-order valence-electron chi connectivity index (χ1n) is 8.52. The van der Waals surface area contributed by atoms with E-state index in [0.29, 0.717) is 25.2 Å². The molecule has 1 N–H and O–H groups in total. The number of phenols is 1. The van der Waals surface area contributed by atoms with Crippen LogP contribution in [0.2, 0.25) is 0 Å². The molecule has 0 fully saturated rings. The minimum absolute atomic E-state index is 0.0930. The topological polar surface area (TPSA) is 81.8 Å². The standard InChI is InChI=1S/C21H19NO5/c23-18-10-7-16(8-11-18)17-9-12-21(20(15-17)22(24)25)27-14-4-13-26-19-5-2-1-3-6-19/h1-3,5-12,15,23H,4,13-14H2. The average molecular weight is 365 g/mol. The summed E-state index contributed by atoms with van der Waals surface area (Å²) in [6.45, 7) is 0.773. The maximum atomic E-state index is 11.4. The van der Waals surface area contributed by atoms with Gasteiger partial charge in [0.15, 0.2) is 5.75 Å². The molecule has 6 heteroatoms. The summed E-state index contributed by atoms with van der Waals surface area (Å²) in [4.78, 5) is 10.9. The summed E-state index contributed by atoms with van der Waals surface area (Å²) < 4.78 is 11.2. The molecule has 0 aromatic heterocycles. The second-order valence-electron chi connectivity index (χ2n) is 5.85. The Balaban J connectivity index is 1.61. The third kappa shape index (κ3) is 4.98. The van der Waals surface area contributed by atoms with Crippen LogP contribution in [-0.2, 0) is 0 Å². The van der Waals surface area contributed by atoms with Crippen LogP contribution in [-0.4, -0.2) is 23.2 Å². The first-order valence-corrected chi connectivity index (χ1v) is 8.52. The summed E-state index contributed by atoms with van der Waals surface area (Å²) in [7, 11) is 0. The van der Waals surface area contributed by atoms with E-state index in [9.17, 15) is 15.2 Å². The highest BCUT2D eigenvalue weighted by Crippen LogP contribution is 2.33. The molecule has 0 aliphatic heterocycles. The largest absolute Gasteiger partial charge is 0.508 e. The van der Waals surface area contributed by atoms with Crippen molar-refractivity contribution in [3.8, 4) is 28.4 Å². The maximum Gasteiger partial charge on any atom is 0.311 e. The number of nitro groups is 1. The highest BCUT2D eigenvalue weighted by molar-refractivity contribution is 5.69. The highest BCUT2D eigenvalue weighted by atomic mass is 16.6. The molecule has 3 aromatic carbocycles. The van der Waals surface area contributed by atoms with Crippen molar-refractivity contribution in [1.82, 2.24) is 0 Å². The molecule has 0 amide bonds. The van der Waals surface area contributed by atoms with E-state index in [1.165, 1.54) is 18.2 Å². The van der Waals surface area contributed by atoms with E-state index in [1.807, 2.05) is 30.3 Å². The van der Waals surface area contributed by atoms with E-state index >= 15 is 0 Å². The molecule has 6 nitrogen and oxygen atoms in total. The van der Waals surface area contributed by atoms with Gasteiger partial charge in [-0.2, -0.15) is 0 Å². The minimum atomic E-state index is -0.459. The number of nitrogens with zero attached hydrogens (tertiary/aromatic N) is 1. The van der Waals surface area contributed by atoms with Gasteiger partial charge in [0.1, 0.15) is 11.5 Å². The maximum absolute atomic E-state index is 11.4. The zero-order chi connectivity index (χ0) is 19.1. The van der Waals surface area contributed by atoms with E-state index < -0.39 is 4.92 Å². The molecule has 0 spiro atoms. The Morgan fingerprint density at radius 3 is 2.22 bits per heavy atom. The number of phenolic OH excluding ortho intramolecular Hbond substituents is 1. The predicted molar refractivity (Wildman–Crippen MR) is 102 cm³/mol. The summed E-state index contributed by atoms with van der Waals surface area (Å²) in [6, 6.07) is 20.8. The normalized spacial score (nSPS) is 10.4. The van der Waals surface area contributed by atoms with Crippen molar-refractivity contribution in [3.05, 3.63) is 82.9 Å². The van der Waals surface area contributed by atoms with Crippen LogP contribution in [0.1, 0.15) is 6.42 Å². The van der Waals surface area contributed by atoms with Crippen LogP contribution in [0.4, 0.5) is 5.69 Å². The van der Waals surface area contributed by atoms with Crippen molar-refractivity contribution < 1.29 is 19.5 Å². The van der Waals surface area contributed by atoms with Crippen molar-refractivity contribution >= 4 is 5.69 Å². The second-order valence-corrected chi connectivity index (χ2v) is 5.85. The van der Waals surface area contributed by atoms with Gasteiger partial charge >= 0.3 is 5.69 Å². The molecule has 0 radical (unpaired) electrons. The Bertz CT molecular complexity index is 894. The van der Waals surface area contributed by atoms with Crippen molar-refractivity contribution in [3.63, 3.8) is 0 Å². The Kier molecular flexibility index (Phi) is 5.89. The Morgan fingerprint density at radius 2 is 1.52 bits per heavy atom. The number of para-hydroxylation sites is 1. The van der Waals surface area contributed by atoms with Gasteiger partial charge in [-0.05, 0) is 41.5 Å². The first-order chi connectivity index (χ1) is 13.1. The second kappa shape index (κ2) is 8.71. The Hall–Kier alpha value is -3.54. The van der Waals surface area contributed by atoms with Crippen LogP contribution in [0.5, 0.6) is 17.2 Å². The van der Waals surface area contributed by atoms with E-state index in [1.54, 1.807) is 24.3 Å². The quantitative estimate of drug-likeness (QED) is 0.352. The molecule has 0 saturated heterocycles. The van der Waals surface area contributed by atoms with Crippen molar-refractivity contribution in [2.24, 2.45) is 0 Å². The van der Waals surface area contributed by atoms with Gasteiger partial charge in [-0.3, -0.25) is 10.1 Å². The summed E-state index contributed by atoms with van der Waals surface area (Å²) >= 11 is 0. The van der Waals surface area contributed by atoms with Crippen LogP contribution in [0.25, 0.3) is 11.1 Å². The lowest BCUT2D eigenvalue weighted by atomic mass is 10.0. The van der Waals surface area contributed by atoms with Gasteiger partial charge in [0.25, 0.3) is 0 Å². The number of nitro benzene ring substituents is 1. The van der Waals surface area contributed by atoms with Gasteiger partial charge in [-0.1, -0.05) is 36.4 Å². The lowest BCUT2D eigenvalue weighted by molar-refractivity contribution is -0.385. The lowest BCUT2D eigenvalue weighted by Crippen LogP contribution is -2.06. The Morgan fingerprint density at radius 1 is 0.852 bits per heavy atom. The zero-order valence-corrected chi connectivity index (χ0v) is 14.6. The molecule has 0 aliphatic carbocycles. The van der Waals surface area contributed by atoms with E-state index in [0.717, 1.165) is 11.3 Å². The summed E-state index contributed by atoms with van der Waals surface area (Å²) in [6.07, 6.45) is 0.603. The monoisotopic (exact) mass is 365 g/mol. The molecular weight excluding hydrogens is 346 g/mol. The fraction of sp³-hybridized carbons (Fsp3) is 0.143. The number of rotatable bonds is 8. The van der Waals surface area contributed by atoms with Crippen LogP contribution in [0.15, 0.2) is 72.8 Å². The van der Waals surface area contributed by atoms with Gasteiger partial charge in [-0.15, -0.1) is 0 Å². The summed E-state index contributed by atoms with van der Waals surface area (Å²) in [5.41, 5.74) is 1.37. The lowest BCUT2D eigenvalue weighted by Gasteiger charge is -2.09. The van der Waals surface area contributed by atoms with Crippen molar-refractivity contribution in [1.29, 1.82) is 0 Å². The zero-order valence-electron chi connectivity index (χ0n) is 14.6. The SMILES string of the molecule is O=[N+]([O-])c1cc(-c2ccc(O)cc2)ccc1OCCCOc1ccccc1. The van der Waals surface area contributed by atoms with Gasteiger partial charge in [0.2, 0.25) is 0 Å². The summed E-state index contributed by atoms with van der Waals surface area (Å²) in [5, 5.41) is 20.8. The van der Waals surface area contributed by atoms with E-state index in [-0.39, 0.29) is 17.2 Å². The number of benzene rings is 3. The molecule has 0 heterocycles. The van der Waals surface area contributed by atoms with Crippen LogP contribution in [0.3, 0.4) is 0 Å². The van der Waals surface area contributed by atoms with Crippen LogP contribution in [0, 0.1) is 10.1 Å². The number of aromatic hydroxyl groups is 1. The number of ether oxygens (including phenoxy) is 2. The molecular formula is C21H19NO5. The third-order valence-electron chi connectivity index (χ3n) is 3.91. The van der Waals surface area contributed by atoms with E-state index in [2.05, 4.69) is 0 Å². The molecule has 138 valence electrons. The molecule has 0 bridgehead atoms. The van der Waals surface area contributed by atoms with Gasteiger partial charge in [-0.25, -0.2) is 0 Å².